The van der Waals surface area contributed by atoms with Crippen LogP contribution in [0.25, 0.3) is 5.65 Å². The number of aromatic nitrogens is 2. The summed E-state index contributed by atoms with van der Waals surface area (Å²) < 4.78 is 63.2. The molecule has 0 radical (unpaired) electrons. The molecule has 0 saturated carbocycles. The van der Waals surface area contributed by atoms with Crippen LogP contribution in [0, 0.1) is 0 Å². The largest absolute Gasteiger partial charge is 0.402 e. The van der Waals surface area contributed by atoms with Crippen molar-refractivity contribution < 1.29 is 21.6 Å². The van der Waals surface area contributed by atoms with E-state index in [1.165, 1.54) is 22.4 Å². The molecule has 0 aliphatic rings. The van der Waals surface area contributed by atoms with Gasteiger partial charge in [0.1, 0.15) is 12.2 Å². The summed E-state index contributed by atoms with van der Waals surface area (Å²) >= 11 is 0. The summed E-state index contributed by atoms with van der Waals surface area (Å²) in [6, 6.07) is 4.74. The number of anilines is 1. The first kappa shape index (κ1) is 14.6. The highest BCUT2D eigenvalue weighted by molar-refractivity contribution is 7.89. The fraction of sp³-hybridized carbons (Fsp3) is 0.300. The zero-order valence-electron chi connectivity index (χ0n) is 10.3. The number of halogens is 3. The zero-order valence-corrected chi connectivity index (χ0v) is 11.1. The van der Waals surface area contributed by atoms with Gasteiger partial charge in [0.2, 0.25) is 0 Å². The molecule has 110 valence electrons. The van der Waals surface area contributed by atoms with Crippen LogP contribution in [0.15, 0.2) is 29.4 Å². The molecule has 0 fully saturated rings. The minimum Gasteiger partial charge on any atom is -0.371 e. The second-order valence-electron chi connectivity index (χ2n) is 3.88. The summed E-state index contributed by atoms with van der Waals surface area (Å²) in [5.41, 5.74) is 0.309. The number of rotatable bonds is 4. The lowest BCUT2D eigenvalue weighted by molar-refractivity contribution is -0.121. The van der Waals surface area contributed by atoms with Gasteiger partial charge in [-0.3, -0.25) is 4.40 Å². The number of fused-ring (bicyclic) bond motifs is 1. The van der Waals surface area contributed by atoms with Crippen LogP contribution in [0.3, 0.4) is 0 Å². The van der Waals surface area contributed by atoms with E-state index in [4.69, 9.17) is 0 Å². The van der Waals surface area contributed by atoms with Crippen LogP contribution < -0.4 is 10.0 Å². The number of pyridine rings is 1. The van der Waals surface area contributed by atoms with Crippen LogP contribution in [-0.2, 0) is 10.0 Å². The van der Waals surface area contributed by atoms with Crippen molar-refractivity contribution in [2.45, 2.75) is 11.2 Å². The number of hydrogen-bond donors (Lipinski definition) is 2. The highest BCUT2D eigenvalue weighted by Gasteiger charge is 2.32. The van der Waals surface area contributed by atoms with Crippen LogP contribution in [0.4, 0.5) is 19.0 Å². The number of alkyl halides is 3. The summed E-state index contributed by atoms with van der Waals surface area (Å²) in [5.74, 6) is -0.0223. The molecule has 0 aliphatic heterocycles. The minimum absolute atomic E-state index is 0.0223. The van der Waals surface area contributed by atoms with Gasteiger partial charge in [-0.2, -0.15) is 13.2 Å². The average molecular weight is 308 g/mol. The lowest BCUT2D eigenvalue weighted by Crippen LogP contribution is -2.34. The maximum atomic E-state index is 12.2. The molecule has 0 aromatic carbocycles. The van der Waals surface area contributed by atoms with E-state index < -0.39 is 22.7 Å². The fourth-order valence-corrected chi connectivity index (χ4v) is 2.94. The lowest BCUT2D eigenvalue weighted by atomic mass is 10.5. The summed E-state index contributed by atoms with van der Waals surface area (Å²) in [6.07, 6.45) is -3.22. The fourth-order valence-electron chi connectivity index (χ4n) is 1.64. The topological polar surface area (TPSA) is 75.5 Å². The molecule has 0 bridgehead atoms. The van der Waals surface area contributed by atoms with Crippen molar-refractivity contribution in [1.29, 1.82) is 0 Å². The molecular formula is C10H11F3N4O2S. The van der Waals surface area contributed by atoms with Gasteiger partial charge in [-0.05, 0) is 12.1 Å². The van der Waals surface area contributed by atoms with E-state index in [0.29, 0.717) is 5.65 Å². The second-order valence-corrected chi connectivity index (χ2v) is 5.57. The molecule has 0 amide bonds. The second kappa shape index (κ2) is 4.94. The van der Waals surface area contributed by atoms with Crippen LogP contribution in [0.2, 0.25) is 0 Å². The molecule has 0 saturated heterocycles. The molecule has 0 atom stereocenters. The SMILES string of the molecule is CNc1nc2ccccn2c1S(=O)(=O)NCC(F)(F)F. The Morgan fingerprint density at radius 2 is 2.05 bits per heavy atom. The van der Waals surface area contributed by atoms with Crippen molar-refractivity contribution in [2.24, 2.45) is 0 Å². The Morgan fingerprint density at radius 1 is 1.35 bits per heavy atom. The third kappa shape index (κ3) is 2.85. The van der Waals surface area contributed by atoms with Crippen LogP contribution in [0.1, 0.15) is 0 Å². The Bertz CT molecular complexity index is 724. The highest BCUT2D eigenvalue weighted by atomic mass is 32.2. The first-order chi connectivity index (χ1) is 9.24. The van der Waals surface area contributed by atoms with E-state index in [-0.39, 0.29) is 10.8 Å². The van der Waals surface area contributed by atoms with E-state index in [2.05, 4.69) is 10.3 Å². The molecule has 10 heteroatoms. The third-order valence-corrected chi connectivity index (χ3v) is 3.86. The standard InChI is InChI=1S/C10H11F3N4O2S/c1-14-8-9(17-5-3-2-4-7(17)16-8)20(18,19)15-6-10(11,12)13/h2-5,14-15H,6H2,1H3. The van der Waals surface area contributed by atoms with Gasteiger partial charge in [0.25, 0.3) is 10.0 Å². The summed E-state index contributed by atoms with van der Waals surface area (Å²) in [7, 11) is -2.92. The van der Waals surface area contributed by atoms with Crippen molar-refractivity contribution in [1.82, 2.24) is 14.1 Å². The molecule has 0 unspecified atom stereocenters. The zero-order chi connectivity index (χ0) is 15.0. The monoisotopic (exact) mass is 308 g/mol. The molecule has 2 heterocycles. The molecule has 2 aromatic heterocycles. The van der Waals surface area contributed by atoms with Crippen molar-refractivity contribution in [2.75, 3.05) is 18.9 Å². The maximum absolute atomic E-state index is 12.2. The van der Waals surface area contributed by atoms with Gasteiger partial charge in [-0.1, -0.05) is 6.07 Å². The van der Waals surface area contributed by atoms with Gasteiger partial charge in [0.15, 0.2) is 10.8 Å². The van der Waals surface area contributed by atoms with Gasteiger partial charge in [0, 0.05) is 13.2 Å². The van der Waals surface area contributed by atoms with Gasteiger partial charge >= 0.3 is 6.18 Å². The van der Waals surface area contributed by atoms with E-state index in [0.717, 1.165) is 0 Å². The molecule has 2 rings (SSSR count). The maximum Gasteiger partial charge on any atom is 0.402 e. The minimum atomic E-state index is -4.63. The molecular weight excluding hydrogens is 297 g/mol. The van der Waals surface area contributed by atoms with Gasteiger partial charge in [0.05, 0.1) is 0 Å². The predicted octanol–water partition coefficient (Wildman–Crippen LogP) is 1.22. The Hall–Kier alpha value is -1.81. The Balaban J connectivity index is 2.50. The van der Waals surface area contributed by atoms with E-state index in [1.807, 2.05) is 0 Å². The Labute approximate surface area is 112 Å². The van der Waals surface area contributed by atoms with Crippen molar-refractivity contribution >= 4 is 21.5 Å². The number of nitrogens with zero attached hydrogens (tertiary/aromatic N) is 2. The smallest absolute Gasteiger partial charge is 0.371 e. The van der Waals surface area contributed by atoms with Crippen molar-refractivity contribution in [3.05, 3.63) is 24.4 Å². The lowest BCUT2D eigenvalue weighted by Gasteiger charge is -2.10. The quantitative estimate of drug-likeness (QED) is 0.890. The average Bonchev–Trinajstić information content (AvgIpc) is 2.75. The molecule has 6 nitrogen and oxygen atoms in total. The summed E-state index contributed by atoms with van der Waals surface area (Å²) in [6.45, 7) is -1.64. The third-order valence-electron chi connectivity index (χ3n) is 2.44. The highest BCUT2D eigenvalue weighted by Crippen LogP contribution is 2.23. The van der Waals surface area contributed by atoms with Gasteiger partial charge in [-0.25, -0.2) is 18.1 Å². The van der Waals surface area contributed by atoms with Crippen molar-refractivity contribution in [3.8, 4) is 0 Å². The predicted molar refractivity (Wildman–Crippen MR) is 66.0 cm³/mol. The number of sulfonamides is 1. The van der Waals surface area contributed by atoms with E-state index in [1.54, 1.807) is 18.2 Å². The van der Waals surface area contributed by atoms with E-state index in [9.17, 15) is 21.6 Å². The van der Waals surface area contributed by atoms with Crippen LogP contribution >= 0.6 is 0 Å². The first-order valence-corrected chi connectivity index (χ1v) is 6.94. The Kier molecular flexibility index (Phi) is 3.61. The summed E-state index contributed by atoms with van der Waals surface area (Å²) in [5, 5.41) is 2.19. The summed E-state index contributed by atoms with van der Waals surface area (Å²) in [4.78, 5) is 3.99. The van der Waals surface area contributed by atoms with Crippen LogP contribution in [-0.4, -0.2) is 37.6 Å². The normalized spacial score (nSPS) is 12.8. The number of hydrogen-bond acceptors (Lipinski definition) is 4. The first-order valence-electron chi connectivity index (χ1n) is 5.46. The van der Waals surface area contributed by atoms with Crippen LogP contribution in [0.5, 0.6) is 0 Å². The molecule has 0 spiro atoms. The molecule has 2 aromatic rings. The van der Waals surface area contributed by atoms with Crippen molar-refractivity contribution in [3.63, 3.8) is 0 Å². The molecule has 2 N–H and O–H groups in total. The number of nitrogens with one attached hydrogen (secondary N) is 2. The molecule has 0 aliphatic carbocycles. The van der Waals surface area contributed by atoms with E-state index >= 15 is 0 Å². The van der Waals surface area contributed by atoms with Gasteiger partial charge < -0.3 is 5.32 Å². The van der Waals surface area contributed by atoms with Gasteiger partial charge in [-0.15, -0.1) is 0 Å². The molecule has 20 heavy (non-hydrogen) atoms. The Morgan fingerprint density at radius 3 is 2.65 bits per heavy atom. The number of imidazole rings is 1.